The molecule has 6 atom stereocenters. The summed E-state index contributed by atoms with van der Waals surface area (Å²) in [4.78, 5) is 39.9. The molecule has 12 heteroatoms. The number of ketones is 3. The standard InChI is InChI=1S/C27H28ClNO10/c1-10-22(31)13(29)6-17(38-10)39-15-8-27(36,16(30)9-28)7-12-19(15)26(35)21-20(24(12)33)23(32)11-4-3-5-14(37-2)18(11)25(21)34/h3-5,10,13,15,17,22,31,33,35-36H,6-9,29H2,1-2H3/t10-,13-,15-,17+,22-,27+/m0/s1. The van der Waals surface area contributed by atoms with Gasteiger partial charge in [-0.1, -0.05) is 12.1 Å². The Hall–Kier alpha value is -3.06. The van der Waals surface area contributed by atoms with Gasteiger partial charge in [0, 0.05) is 42.0 Å². The van der Waals surface area contributed by atoms with Crippen molar-refractivity contribution >= 4 is 29.0 Å². The van der Waals surface area contributed by atoms with Crippen molar-refractivity contribution in [2.45, 2.75) is 62.4 Å². The Balaban J connectivity index is 1.69. The molecule has 2 aliphatic carbocycles. The van der Waals surface area contributed by atoms with Crippen molar-refractivity contribution in [2.24, 2.45) is 5.73 Å². The molecule has 11 nitrogen and oxygen atoms in total. The normalized spacial score (nSPS) is 29.8. The van der Waals surface area contributed by atoms with E-state index in [1.54, 1.807) is 6.92 Å². The van der Waals surface area contributed by atoms with Gasteiger partial charge in [-0.15, -0.1) is 11.6 Å². The number of aromatic hydroxyl groups is 2. The number of fused-ring (bicyclic) bond motifs is 3. The van der Waals surface area contributed by atoms with Gasteiger partial charge in [-0.25, -0.2) is 0 Å². The van der Waals surface area contributed by atoms with Gasteiger partial charge >= 0.3 is 0 Å². The number of ether oxygens (including phenoxy) is 3. The van der Waals surface area contributed by atoms with E-state index in [1.807, 2.05) is 0 Å². The van der Waals surface area contributed by atoms with Gasteiger partial charge in [0.2, 0.25) is 5.78 Å². The Bertz CT molecular complexity index is 1380. The Morgan fingerprint density at radius 3 is 2.51 bits per heavy atom. The van der Waals surface area contributed by atoms with Crippen LogP contribution >= 0.6 is 11.6 Å². The maximum atomic E-state index is 13.7. The van der Waals surface area contributed by atoms with Crippen LogP contribution in [0.3, 0.4) is 0 Å². The third-order valence-corrected chi connectivity index (χ3v) is 8.03. The van der Waals surface area contributed by atoms with Gasteiger partial charge in [-0.2, -0.15) is 0 Å². The molecule has 0 aromatic heterocycles. The number of methoxy groups -OCH3 is 1. The molecular weight excluding hydrogens is 534 g/mol. The molecule has 6 N–H and O–H groups in total. The van der Waals surface area contributed by atoms with Crippen molar-refractivity contribution in [3.05, 3.63) is 51.6 Å². The highest BCUT2D eigenvalue weighted by atomic mass is 35.5. The van der Waals surface area contributed by atoms with Crippen LogP contribution < -0.4 is 10.5 Å². The van der Waals surface area contributed by atoms with Gasteiger partial charge < -0.3 is 40.4 Å². The number of benzene rings is 2. The van der Waals surface area contributed by atoms with Crippen LogP contribution in [0.1, 0.15) is 68.8 Å². The summed E-state index contributed by atoms with van der Waals surface area (Å²) in [6, 6.07) is 3.69. The second-order valence-electron chi connectivity index (χ2n) is 10.1. The van der Waals surface area contributed by atoms with Gasteiger partial charge in [-0.05, 0) is 13.0 Å². The van der Waals surface area contributed by atoms with E-state index < -0.39 is 94.9 Å². The predicted octanol–water partition coefficient (Wildman–Crippen LogP) is 1.25. The molecule has 3 aliphatic rings. The van der Waals surface area contributed by atoms with E-state index in [9.17, 15) is 34.8 Å². The zero-order chi connectivity index (χ0) is 28.4. The first-order chi connectivity index (χ1) is 18.4. The molecule has 1 heterocycles. The Labute approximate surface area is 228 Å². The summed E-state index contributed by atoms with van der Waals surface area (Å²) in [6.07, 6.45) is -4.83. The highest BCUT2D eigenvalue weighted by Crippen LogP contribution is 2.52. The van der Waals surface area contributed by atoms with Crippen molar-refractivity contribution in [3.63, 3.8) is 0 Å². The van der Waals surface area contributed by atoms with Crippen molar-refractivity contribution in [1.29, 1.82) is 0 Å². The maximum Gasteiger partial charge on any atom is 0.202 e. The van der Waals surface area contributed by atoms with E-state index in [4.69, 9.17) is 31.5 Å². The second kappa shape index (κ2) is 9.84. The number of hydrogen-bond donors (Lipinski definition) is 5. The van der Waals surface area contributed by atoms with E-state index >= 15 is 0 Å². The lowest BCUT2D eigenvalue weighted by atomic mass is 9.72. The van der Waals surface area contributed by atoms with Crippen LogP contribution in [0.4, 0.5) is 0 Å². The molecule has 2 aromatic carbocycles. The molecule has 0 radical (unpaired) electrons. The van der Waals surface area contributed by atoms with E-state index in [2.05, 4.69) is 0 Å². The quantitative estimate of drug-likeness (QED) is 0.223. The average Bonchev–Trinajstić information content (AvgIpc) is 2.90. The number of hydrogen-bond acceptors (Lipinski definition) is 11. The molecule has 39 heavy (non-hydrogen) atoms. The highest BCUT2D eigenvalue weighted by molar-refractivity contribution is 6.31. The van der Waals surface area contributed by atoms with Crippen molar-refractivity contribution in [2.75, 3.05) is 13.0 Å². The van der Waals surface area contributed by atoms with Gasteiger partial charge in [0.05, 0.1) is 48.0 Å². The number of nitrogens with two attached hydrogens (primary N) is 1. The molecule has 1 aliphatic heterocycles. The highest BCUT2D eigenvalue weighted by Gasteiger charge is 2.50. The van der Waals surface area contributed by atoms with E-state index in [1.165, 1.54) is 25.3 Å². The predicted molar refractivity (Wildman–Crippen MR) is 135 cm³/mol. The Kier molecular flexibility index (Phi) is 6.94. The number of carbonyl (C=O) groups is 3. The van der Waals surface area contributed by atoms with Crippen LogP contribution in [-0.2, 0) is 20.7 Å². The average molecular weight is 562 g/mol. The lowest BCUT2D eigenvalue weighted by molar-refractivity contribution is -0.247. The third-order valence-electron chi connectivity index (χ3n) is 7.78. The van der Waals surface area contributed by atoms with Crippen LogP contribution in [0.5, 0.6) is 17.2 Å². The maximum absolute atomic E-state index is 13.7. The monoisotopic (exact) mass is 561 g/mol. The lowest BCUT2D eigenvalue weighted by Crippen LogP contribution is -2.52. The van der Waals surface area contributed by atoms with E-state index in [-0.39, 0.29) is 34.4 Å². The third kappa shape index (κ3) is 4.21. The first-order valence-electron chi connectivity index (χ1n) is 12.4. The number of aliphatic hydroxyl groups excluding tert-OH is 1. The summed E-state index contributed by atoms with van der Waals surface area (Å²) in [5.41, 5.74) is 2.69. The van der Waals surface area contributed by atoms with Crippen LogP contribution in [0.15, 0.2) is 18.2 Å². The van der Waals surface area contributed by atoms with Gasteiger partial charge in [0.1, 0.15) is 22.8 Å². The summed E-state index contributed by atoms with van der Waals surface area (Å²) in [5.74, 6) is -3.99. The minimum absolute atomic E-state index is 0.0330. The van der Waals surface area contributed by atoms with E-state index in [0.29, 0.717) is 0 Å². The summed E-state index contributed by atoms with van der Waals surface area (Å²) < 4.78 is 17.1. The fourth-order valence-electron chi connectivity index (χ4n) is 5.73. The fraction of sp³-hybridized carbons (Fsp3) is 0.444. The smallest absolute Gasteiger partial charge is 0.202 e. The molecule has 1 saturated heterocycles. The molecular formula is C27H28ClNO10. The molecule has 5 rings (SSSR count). The summed E-state index contributed by atoms with van der Waals surface area (Å²) in [6.45, 7) is 1.59. The fourth-order valence-corrected chi connectivity index (χ4v) is 5.98. The molecule has 0 spiro atoms. The number of carbonyl (C=O) groups excluding carboxylic acids is 3. The van der Waals surface area contributed by atoms with Crippen molar-refractivity contribution < 1.29 is 49.0 Å². The van der Waals surface area contributed by atoms with E-state index in [0.717, 1.165) is 0 Å². The first-order valence-corrected chi connectivity index (χ1v) is 12.9. The van der Waals surface area contributed by atoms with Crippen LogP contribution in [0.2, 0.25) is 0 Å². The molecule has 0 unspecified atom stereocenters. The van der Waals surface area contributed by atoms with Crippen molar-refractivity contribution in [3.8, 4) is 17.2 Å². The molecule has 2 aromatic rings. The largest absolute Gasteiger partial charge is 0.507 e. The number of Topliss-reactive ketones (excluding diaryl/α,β-unsaturated/α-hetero) is 1. The summed E-state index contributed by atoms with van der Waals surface area (Å²) in [5, 5.41) is 44.3. The molecule has 1 fully saturated rings. The van der Waals surface area contributed by atoms with Gasteiger partial charge in [-0.3, -0.25) is 14.4 Å². The first kappa shape index (κ1) is 27.5. The molecule has 0 bridgehead atoms. The summed E-state index contributed by atoms with van der Waals surface area (Å²) >= 11 is 5.77. The van der Waals surface area contributed by atoms with Gasteiger partial charge in [0.25, 0.3) is 0 Å². The topological polar surface area (TPSA) is 186 Å². The number of alkyl halides is 1. The lowest BCUT2D eigenvalue weighted by Gasteiger charge is -2.42. The Morgan fingerprint density at radius 1 is 1.18 bits per heavy atom. The number of halogens is 1. The molecule has 0 amide bonds. The minimum Gasteiger partial charge on any atom is -0.507 e. The minimum atomic E-state index is -2.12. The van der Waals surface area contributed by atoms with Crippen LogP contribution in [0, 0.1) is 0 Å². The number of phenolic OH excluding ortho intramolecular Hbond substituents is 2. The van der Waals surface area contributed by atoms with Crippen LogP contribution in [0.25, 0.3) is 0 Å². The number of rotatable bonds is 5. The summed E-state index contributed by atoms with van der Waals surface area (Å²) in [7, 11) is 1.33. The van der Waals surface area contributed by atoms with Crippen LogP contribution in [-0.4, -0.2) is 80.9 Å². The molecule has 0 saturated carbocycles. The number of phenols is 2. The van der Waals surface area contributed by atoms with Gasteiger partial charge in [0.15, 0.2) is 17.9 Å². The van der Waals surface area contributed by atoms with Crippen molar-refractivity contribution in [1.82, 2.24) is 0 Å². The zero-order valence-electron chi connectivity index (χ0n) is 21.1. The zero-order valence-corrected chi connectivity index (χ0v) is 21.9. The second-order valence-corrected chi connectivity index (χ2v) is 10.4. The Morgan fingerprint density at radius 2 is 1.87 bits per heavy atom. The SMILES string of the molecule is COc1cccc2c1C(=O)c1c(O)c3c(c(O)c1C2=O)C[C@](O)(C(=O)CCl)C[C@@H]3O[C@@H]1C[C@H](N)[C@@H](O)[C@H](C)O1. The molecule has 208 valence electrons. The number of aliphatic hydroxyl groups is 2.